The standard InChI is InChI=1S/C2H4OS3/c3-1-2(4,5)6/h1,4-6H. The zero-order valence-corrected chi connectivity index (χ0v) is 5.51. The van der Waals surface area contributed by atoms with Crippen molar-refractivity contribution in [3.8, 4) is 0 Å². The predicted molar refractivity (Wildman–Crippen MR) is 35.8 cm³/mol. The first kappa shape index (κ1) is 6.72. The molecule has 0 rings (SSSR count). The summed E-state index contributed by atoms with van der Waals surface area (Å²) >= 11 is 10.8. The summed E-state index contributed by atoms with van der Waals surface area (Å²) in [5.41, 5.74) is 0. The fraction of sp³-hybridized carbons (Fsp3) is 0.500. The normalized spacial score (nSPS) is 11.2. The summed E-state index contributed by atoms with van der Waals surface area (Å²) in [5.74, 6) is 0. The highest BCUT2D eigenvalue weighted by atomic mass is 32.2. The molecule has 0 aliphatic heterocycles. The fourth-order valence-electron chi connectivity index (χ4n) is 0. The average molecular weight is 140 g/mol. The second-order valence-electron chi connectivity index (χ2n) is 0.805. The Kier molecular flexibility index (Phi) is 2.39. The SMILES string of the molecule is O=CC(S)(S)S. The zero-order chi connectivity index (χ0) is 5.21. The topological polar surface area (TPSA) is 17.1 Å². The van der Waals surface area contributed by atoms with Gasteiger partial charge in [0.25, 0.3) is 0 Å². The van der Waals surface area contributed by atoms with Crippen LogP contribution in [-0.4, -0.2) is 9.70 Å². The Morgan fingerprint density at radius 2 is 1.50 bits per heavy atom. The minimum Gasteiger partial charge on any atom is -0.300 e. The van der Waals surface area contributed by atoms with Crippen molar-refractivity contribution in [2.24, 2.45) is 0 Å². The Morgan fingerprint density at radius 1 is 1.33 bits per heavy atom. The van der Waals surface area contributed by atoms with Gasteiger partial charge in [-0.15, -0.1) is 37.9 Å². The molecule has 6 heavy (non-hydrogen) atoms. The summed E-state index contributed by atoms with van der Waals surface area (Å²) in [7, 11) is 0. The van der Waals surface area contributed by atoms with E-state index in [1.165, 1.54) is 0 Å². The monoisotopic (exact) mass is 140 g/mol. The van der Waals surface area contributed by atoms with Crippen molar-refractivity contribution >= 4 is 44.2 Å². The van der Waals surface area contributed by atoms with Gasteiger partial charge in [-0.25, -0.2) is 0 Å². The van der Waals surface area contributed by atoms with Gasteiger partial charge in [-0.2, -0.15) is 0 Å². The molecule has 0 spiro atoms. The molecule has 4 heteroatoms. The molecular formula is C2H4OS3. The Balaban J connectivity index is 3.45. The van der Waals surface area contributed by atoms with Crippen molar-refractivity contribution in [3.05, 3.63) is 0 Å². The molecule has 0 fully saturated rings. The van der Waals surface area contributed by atoms with Gasteiger partial charge in [0.15, 0.2) is 9.70 Å². The van der Waals surface area contributed by atoms with Gasteiger partial charge in [-0.1, -0.05) is 0 Å². The van der Waals surface area contributed by atoms with E-state index in [1.807, 2.05) is 0 Å². The van der Waals surface area contributed by atoms with E-state index in [0.29, 0.717) is 6.29 Å². The summed E-state index contributed by atoms with van der Waals surface area (Å²) < 4.78 is -1.06. The third-order valence-corrected chi connectivity index (χ3v) is 0.474. The van der Waals surface area contributed by atoms with E-state index < -0.39 is 3.41 Å². The molecule has 36 valence electrons. The van der Waals surface area contributed by atoms with Gasteiger partial charge < -0.3 is 0 Å². The lowest BCUT2D eigenvalue weighted by Gasteiger charge is -2.00. The highest BCUT2D eigenvalue weighted by Gasteiger charge is 2.08. The Bertz CT molecular complexity index is 54.3. The van der Waals surface area contributed by atoms with Crippen molar-refractivity contribution < 1.29 is 4.79 Å². The molecular weight excluding hydrogens is 136 g/mol. The molecule has 1 nitrogen and oxygen atoms in total. The van der Waals surface area contributed by atoms with E-state index in [9.17, 15) is 4.79 Å². The van der Waals surface area contributed by atoms with Crippen molar-refractivity contribution in [2.45, 2.75) is 3.41 Å². The van der Waals surface area contributed by atoms with Crippen LogP contribution in [0, 0.1) is 0 Å². The van der Waals surface area contributed by atoms with Crippen molar-refractivity contribution in [3.63, 3.8) is 0 Å². The van der Waals surface area contributed by atoms with Gasteiger partial charge in [0.2, 0.25) is 0 Å². The van der Waals surface area contributed by atoms with Crippen LogP contribution in [0.4, 0.5) is 0 Å². The largest absolute Gasteiger partial charge is 0.300 e. The minimum atomic E-state index is -1.06. The van der Waals surface area contributed by atoms with Crippen LogP contribution < -0.4 is 0 Å². The molecule has 0 aromatic rings. The van der Waals surface area contributed by atoms with Crippen LogP contribution >= 0.6 is 37.9 Å². The molecule has 0 aromatic carbocycles. The number of thiol groups is 3. The lowest BCUT2D eigenvalue weighted by atomic mass is 10.9. The molecule has 0 atom stereocenters. The predicted octanol–water partition coefficient (Wildman–Crippen LogP) is 0.628. The number of hydrogen-bond acceptors (Lipinski definition) is 4. The smallest absolute Gasteiger partial charge is 0.155 e. The molecule has 0 bridgehead atoms. The quantitative estimate of drug-likeness (QED) is 0.277. The highest BCUT2D eigenvalue weighted by Crippen LogP contribution is 2.19. The highest BCUT2D eigenvalue weighted by molar-refractivity contribution is 8.18. The van der Waals surface area contributed by atoms with Crippen LogP contribution in [0.25, 0.3) is 0 Å². The molecule has 0 saturated heterocycles. The molecule has 0 heterocycles. The van der Waals surface area contributed by atoms with E-state index in [-0.39, 0.29) is 0 Å². The Hall–Kier alpha value is 0.720. The van der Waals surface area contributed by atoms with Crippen molar-refractivity contribution in [2.75, 3.05) is 0 Å². The lowest BCUT2D eigenvalue weighted by molar-refractivity contribution is -0.106. The Labute approximate surface area is 52.7 Å². The maximum atomic E-state index is 9.60. The second kappa shape index (κ2) is 2.14. The van der Waals surface area contributed by atoms with Crippen LogP contribution in [0.1, 0.15) is 0 Å². The summed E-state index contributed by atoms with van der Waals surface area (Å²) in [6.07, 6.45) is 0.530. The molecule has 0 N–H and O–H groups in total. The van der Waals surface area contributed by atoms with E-state index in [1.54, 1.807) is 0 Å². The van der Waals surface area contributed by atoms with Crippen LogP contribution in [0.5, 0.6) is 0 Å². The van der Waals surface area contributed by atoms with E-state index in [2.05, 4.69) is 37.9 Å². The van der Waals surface area contributed by atoms with Gasteiger partial charge in [0, 0.05) is 0 Å². The van der Waals surface area contributed by atoms with Gasteiger partial charge in [-0.05, 0) is 0 Å². The third kappa shape index (κ3) is 4.72. The maximum absolute atomic E-state index is 9.60. The number of rotatable bonds is 1. The Morgan fingerprint density at radius 3 is 1.50 bits per heavy atom. The summed E-state index contributed by atoms with van der Waals surface area (Å²) in [6.45, 7) is 0. The van der Waals surface area contributed by atoms with Crippen molar-refractivity contribution in [1.82, 2.24) is 0 Å². The molecule has 0 unspecified atom stereocenters. The fourth-order valence-corrected chi connectivity index (χ4v) is 0. The molecule has 0 amide bonds. The number of carbonyl (C=O) groups is 1. The van der Waals surface area contributed by atoms with E-state index >= 15 is 0 Å². The third-order valence-electron chi connectivity index (χ3n) is 0.158. The van der Waals surface area contributed by atoms with Gasteiger partial charge in [0.05, 0.1) is 0 Å². The number of carbonyl (C=O) groups excluding carboxylic acids is 1. The molecule has 0 saturated carbocycles. The van der Waals surface area contributed by atoms with Gasteiger partial charge in [-0.3, -0.25) is 4.79 Å². The summed E-state index contributed by atoms with van der Waals surface area (Å²) in [6, 6.07) is 0. The van der Waals surface area contributed by atoms with Crippen LogP contribution in [-0.2, 0) is 4.79 Å². The molecule has 0 aromatic heterocycles. The second-order valence-corrected chi connectivity index (χ2v) is 3.98. The first-order valence-electron chi connectivity index (χ1n) is 1.20. The summed E-state index contributed by atoms with van der Waals surface area (Å²) in [4.78, 5) is 9.60. The number of aldehydes is 1. The van der Waals surface area contributed by atoms with E-state index in [4.69, 9.17) is 0 Å². The summed E-state index contributed by atoms with van der Waals surface area (Å²) in [5, 5.41) is 0. The van der Waals surface area contributed by atoms with Gasteiger partial charge in [0.1, 0.15) is 0 Å². The lowest BCUT2D eigenvalue weighted by Crippen LogP contribution is -2.01. The number of hydrogen-bond donors (Lipinski definition) is 3. The molecule has 0 aliphatic rings. The van der Waals surface area contributed by atoms with Crippen LogP contribution in [0.3, 0.4) is 0 Å². The first-order valence-corrected chi connectivity index (χ1v) is 2.54. The molecule has 0 aliphatic carbocycles. The minimum absolute atomic E-state index is 0.530. The van der Waals surface area contributed by atoms with E-state index in [0.717, 1.165) is 0 Å². The maximum Gasteiger partial charge on any atom is 0.155 e. The average Bonchev–Trinajstić information content (AvgIpc) is 1.35. The van der Waals surface area contributed by atoms with Crippen molar-refractivity contribution in [1.29, 1.82) is 0 Å². The van der Waals surface area contributed by atoms with Crippen LogP contribution in [0.15, 0.2) is 0 Å². The first-order chi connectivity index (χ1) is 2.56. The zero-order valence-electron chi connectivity index (χ0n) is 2.83. The molecule has 0 radical (unpaired) electrons. The van der Waals surface area contributed by atoms with Crippen LogP contribution in [0.2, 0.25) is 0 Å². The van der Waals surface area contributed by atoms with Gasteiger partial charge >= 0.3 is 0 Å².